The first-order valence-electron chi connectivity index (χ1n) is 9.44. The summed E-state index contributed by atoms with van der Waals surface area (Å²) < 4.78 is 0. The maximum Gasteiger partial charge on any atom is 0.270 e. The van der Waals surface area contributed by atoms with E-state index in [1.54, 1.807) is 24.3 Å². The monoisotopic (exact) mass is 360 g/mol. The van der Waals surface area contributed by atoms with Crippen LogP contribution in [0.3, 0.4) is 0 Å². The molecular weight excluding hydrogens is 340 g/mol. The molecule has 5 heteroatoms. The van der Waals surface area contributed by atoms with Gasteiger partial charge in [-0.3, -0.25) is 19.8 Å². The van der Waals surface area contributed by atoms with Crippen molar-refractivity contribution in [2.75, 3.05) is 0 Å². The van der Waals surface area contributed by atoms with Crippen molar-refractivity contribution in [3.8, 4) is 0 Å². The maximum absolute atomic E-state index is 13.0. The van der Waals surface area contributed by atoms with E-state index in [2.05, 4.69) is 17.6 Å². The molecule has 5 atom stereocenters. The van der Waals surface area contributed by atoms with Crippen LogP contribution in [0.5, 0.6) is 0 Å². The van der Waals surface area contributed by atoms with Crippen molar-refractivity contribution < 1.29 is 14.4 Å². The number of hydrogen-bond donors (Lipinski definition) is 1. The van der Waals surface area contributed by atoms with E-state index >= 15 is 0 Å². The molecule has 3 fully saturated rings. The molecule has 1 saturated heterocycles. The van der Waals surface area contributed by atoms with Crippen LogP contribution in [0.4, 0.5) is 0 Å². The van der Waals surface area contributed by atoms with Crippen LogP contribution in [-0.4, -0.2) is 22.7 Å². The van der Waals surface area contributed by atoms with Crippen LogP contribution in [0, 0.1) is 23.7 Å². The number of amides is 3. The lowest BCUT2D eigenvalue weighted by Crippen LogP contribution is -2.47. The minimum Gasteiger partial charge on any atom is -0.272 e. The highest BCUT2D eigenvalue weighted by Gasteiger charge is 2.64. The number of imide groups is 1. The van der Waals surface area contributed by atoms with E-state index in [1.165, 1.54) is 5.56 Å². The summed E-state index contributed by atoms with van der Waals surface area (Å²) in [7, 11) is 0. The Hall–Kier alpha value is -2.95. The van der Waals surface area contributed by atoms with Crippen LogP contribution < -0.4 is 5.43 Å². The Morgan fingerprint density at radius 3 is 2.19 bits per heavy atom. The Balaban J connectivity index is 1.38. The van der Waals surface area contributed by atoms with Gasteiger partial charge in [0.15, 0.2) is 0 Å². The average molecular weight is 360 g/mol. The van der Waals surface area contributed by atoms with Crippen LogP contribution in [0.2, 0.25) is 0 Å². The van der Waals surface area contributed by atoms with Gasteiger partial charge in [-0.15, -0.1) is 0 Å². The van der Waals surface area contributed by atoms with Gasteiger partial charge in [0.1, 0.15) is 0 Å². The summed E-state index contributed by atoms with van der Waals surface area (Å²) in [5.41, 5.74) is 4.22. The van der Waals surface area contributed by atoms with E-state index in [0.29, 0.717) is 11.5 Å². The topological polar surface area (TPSA) is 66.5 Å². The molecule has 0 radical (unpaired) electrons. The number of carbonyl (C=O) groups excluding carboxylic acids is 3. The number of nitrogens with zero attached hydrogens (tertiary/aromatic N) is 1. The highest BCUT2D eigenvalue weighted by molar-refractivity contribution is 6.08. The second kappa shape index (κ2) is 6.05. The van der Waals surface area contributed by atoms with Crippen molar-refractivity contribution in [3.05, 3.63) is 71.8 Å². The van der Waals surface area contributed by atoms with Gasteiger partial charge in [-0.2, -0.15) is 5.01 Å². The molecule has 2 bridgehead atoms. The molecule has 1 N–H and O–H groups in total. The van der Waals surface area contributed by atoms with E-state index in [4.69, 9.17) is 0 Å². The molecule has 0 spiro atoms. The molecule has 5 nitrogen and oxygen atoms in total. The predicted octanol–water partition coefficient (Wildman–Crippen LogP) is 2.76. The number of hydrazine groups is 1. The SMILES string of the molecule is O=C(NN1C(=O)[C@@H]2[C@H]3C[C@H](C[C@@H]3c3ccccc3)[C@@H]2C1=O)c1ccccc1. The van der Waals surface area contributed by atoms with Gasteiger partial charge in [0.2, 0.25) is 0 Å². The van der Waals surface area contributed by atoms with Crippen LogP contribution in [-0.2, 0) is 9.59 Å². The normalized spacial score (nSPS) is 31.3. The van der Waals surface area contributed by atoms with Crippen molar-refractivity contribution in [2.24, 2.45) is 23.7 Å². The highest BCUT2D eigenvalue weighted by Crippen LogP contribution is 2.61. The molecule has 2 saturated carbocycles. The van der Waals surface area contributed by atoms with Crippen LogP contribution in [0.15, 0.2) is 60.7 Å². The van der Waals surface area contributed by atoms with E-state index in [9.17, 15) is 14.4 Å². The molecule has 1 heterocycles. The quantitative estimate of drug-likeness (QED) is 0.856. The predicted molar refractivity (Wildman–Crippen MR) is 98.1 cm³/mol. The van der Waals surface area contributed by atoms with Crippen LogP contribution in [0.25, 0.3) is 0 Å². The summed E-state index contributed by atoms with van der Waals surface area (Å²) in [6.45, 7) is 0. The molecule has 2 aromatic rings. The summed E-state index contributed by atoms with van der Waals surface area (Å²) >= 11 is 0. The maximum atomic E-state index is 13.0. The summed E-state index contributed by atoms with van der Waals surface area (Å²) in [4.78, 5) is 38.3. The number of carbonyl (C=O) groups is 3. The third-order valence-electron chi connectivity index (χ3n) is 6.49. The molecule has 136 valence electrons. The number of nitrogens with one attached hydrogen (secondary N) is 1. The first-order valence-corrected chi connectivity index (χ1v) is 9.44. The van der Waals surface area contributed by atoms with Crippen molar-refractivity contribution >= 4 is 17.7 Å². The molecule has 1 aliphatic heterocycles. The number of benzene rings is 2. The zero-order chi connectivity index (χ0) is 18.5. The second-order valence-electron chi connectivity index (χ2n) is 7.78. The van der Waals surface area contributed by atoms with Crippen molar-refractivity contribution in [1.82, 2.24) is 10.4 Å². The molecule has 2 aliphatic carbocycles. The lowest BCUT2D eigenvalue weighted by atomic mass is 9.73. The Labute approximate surface area is 157 Å². The van der Waals surface area contributed by atoms with Crippen LogP contribution >= 0.6 is 0 Å². The van der Waals surface area contributed by atoms with Gasteiger partial charge in [0.05, 0.1) is 11.8 Å². The molecule has 0 unspecified atom stereocenters. The van der Waals surface area contributed by atoms with Crippen molar-refractivity contribution in [1.29, 1.82) is 0 Å². The van der Waals surface area contributed by atoms with E-state index in [1.807, 2.05) is 24.3 Å². The molecule has 0 aromatic heterocycles. The molecular formula is C22H20N2O3. The molecule has 2 aromatic carbocycles. The Morgan fingerprint density at radius 1 is 0.852 bits per heavy atom. The zero-order valence-corrected chi connectivity index (χ0v) is 14.7. The standard InChI is InChI=1S/C22H20N2O3/c25-20(14-9-5-2-6-10-14)23-24-21(26)18-15-11-16(13-7-3-1-4-8-13)17(12-15)19(18)22(24)27/h1-10,15-19H,11-12H2,(H,23,25)/t15-,16+,17-,18-,19+/m0/s1. The fourth-order valence-corrected chi connectivity index (χ4v) is 5.41. The fourth-order valence-electron chi connectivity index (χ4n) is 5.41. The summed E-state index contributed by atoms with van der Waals surface area (Å²) in [5.74, 6) is -0.785. The van der Waals surface area contributed by atoms with Gasteiger partial charge in [-0.25, -0.2) is 0 Å². The molecule has 5 rings (SSSR count). The summed E-state index contributed by atoms with van der Waals surface area (Å²) in [6, 6.07) is 18.9. The van der Waals surface area contributed by atoms with Crippen molar-refractivity contribution in [3.63, 3.8) is 0 Å². The minimum absolute atomic E-state index is 0.178. The first kappa shape index (κ1) is 16.2. The van der Waals surface area contributed by atoms with Gasteiger partial charge in [0, 0.05) is 5.56 Å². The lowest BCUT2D eigenvalue weighted by molar-refractivity contribution is -0.143. The number of hydrogen-bond acceptors (Lipinski definition) is 3. The minimum atomic E-state index is -0.427. The van der Waals surface area contributed by atoms with Gasteiger partial charge in [-0.05, 0) is 48.3 Å². The van der Waals surface area contributed by atoms with Gasteiger partial charge in [-0.1, -0.05) is 48.5 Å². The van der Waals surface area contributed by atoms with Crippen molar-refractivity contribution in [2.45, 2.75) is 18.8 Å². The zero-order valence-electron chi connectivity index (χ0n) is 14.7. The van der Waals surface area contributed by atoms with Crippen LogP contribution in [0.1, 0.15) is 34.7 Å². The molecule has 3 aliphatic rings. The fraction of sp³-hybridized carbons (Fsp3) is 0.318. The second-order valence-corrected chi connectivity index (χ2v) is 7.78. The third-order valence-corrected chi connectivity index (χ3v) is 6.49. The van der Waals surface area contributed by atoms with Gasteiger partial charge >= 0.3 is 0 Å². The Morgan fingerprint density at radius 2 is 1.48 bits per heavy atom. The third kappa shape index (κ3) is 2.41. The lowest BCUT2D eigenvalue weighted by Gasteiger charge is -2.28. The van der Waals surface area contributed by atoms with Gasteiger partial charge < -0.3 is 0 Å². The Kier molecular flexibility index (Phi) is 3.64. The average Bonchev–Trinajstić information content (AvgIpc) is 3.37. The molecule has 27 heavy (non-hydrogen) atoms. The van der Waals surface area contributed by atoms with E-state index in [-0.39, 0.29) is 35.5 Å². The number of fused-ring (bicyclic) bond motifs is 5. The summed E-state index contributed by atoms with van der Waals surface area (Å²) in [6.07, 6.45) is 1.86. The summed E-state index contributed by atoms with van der Waals surface area (Å²) in [5, 5.41) is 0.983. The largest absolute Gasteiger partial charge is 0.272 e. The Bertz CT molecular complexity index is 912. The van der Waals surface area contributed by atoms with E-state index in [0.717, 1.165) is 17.9 Å². The molecule has 3 amide bonds. The first-order chi connectivity index (χ1) is 13.1. The number of rotatable bonds is 3. The smallest absolute Gasteiger partial charge is 0.270 e. The van der Waals surface area contributed by atoms with Gasteiger partial charge in [0.25, 0.3) is 17.7 Å². The highest BCUT2D eigenvalue weighted by atomic mass is 16.2. The van der Waals surface area contributed by atoms with E-state index < -0.39 is 5.91 Å².